The number of ether oxygens (including phenoxy) is 1. The lowest BCUT2D eigenvalue weighted by atomic mass is 10.4. The lowest BCUT2D eigenvalue weighted by Crippen LogP contribution is -2.31. The number of likely N-dealkylation sites (N-methyl/N-ethyl adjacent to an activating group) is 1. The topological polar surface area (TPSA) is 24.5 Å². The van der Waals surface area contributed by atoms with Crippen molar-refractivity contribution in [1.29, 1.82) is 0 Å². The largest absolute Gasteiger partial charge is 0.377 e. The number of nitrogens with one attached hydrogen (secondary N) is 1. The van der Waals surface area contributed by atoms with Crippen molar-refractivity contribution in [3.05, 3.63) is 20.8 Å². The fraction of sp³-hybridized carbons (Fsp3) is 0.692. The molecule has 1 aromatic heterocycles. The van der Waals surface area contributed by atoms with Crippen molar-refractivity contribution >= 4 is 27.3 Å². The van der Waals surface area contributed by atoms with E-state index in [0.29, 0.717) is 6.10 Å². The average molecular weight is 335 g/mol. The van der Waals surface area contributed by atoms with Gasteiger partial charge in [-0.15, -0.1) is 11.3 Å². The SMILES string of the molecule is CC(C)OCCN(C)CCNCc1cc(Br)cs1. The van der Waals surface area contributed by atoms with Gasteiger partial charge in [-0.2, -0.15) is 0 Å². The lowest BCUT2D eigenvalue weighted by molar-refractivity contribution is 0.0640. The summed E-state index contributed by atoms with van der Waals surface area (Å²) in [5.74, 6) is 0. The molecule has 104 valence electrons. The third-order valence-electron chi connectivity index (χ3n) is 2.52. The van der Waals surface area contributed by atoms with Gasteiger partial charge in [-0.25, -0.2) is 0 Å². The molecular formula is C13H23BrN2OS. The first-order valence-electron chi connectivity index (χ1n) is 6.31. The molecule has 1 aromatic rings. The first kappa shape index (κ1) is 16.1. The van der Waals surface area contributed by atoms with Gasteiger partial charge in [0.1, 0.15) is 0 Å². The van der Waals surface area contributed by atoms with Gasteiger partial charge in [-0.3, -0.25) is 0 Å². The first-order valence-corrected chi connectivity index (χ1v) is 7.99. The second-order valence-electron chi connectivity index (χ2n) is 4.63. The van der Waals surface area contributed by atoms with Crippen LogP contribution in [0.5, 0.6) is 0 Å². The van der Waals surface area contributed by atoms with Gasteiger partial charge < -0.3 is 15.0 Å². The maximum atomic E-state index is 5.53. The van der Waals surface area contributed by atoms with Gasteiger partial charge in [0, 0.05) is 40.9 Å². The summed E-state index contributed by atoms with van der Waals surface area (Å²) in [4.78, 5) is 3.66. The van der Waals surface area contributed by atoms with Crippen molar-refractivity contribution in [2.24, 2.45) is 0 Å². The molecule has 0 aliphatic rings. The van der Waals surface area contributed by atoms with E-state index in [1.807, 2.05) is 0 Å². The van der Waals surface area contributed by atoms with Crippen LogP contribution in [0.3, 0.4) is 0 Å². The molecule has 0 fully saturated rings. The summed E-state index contributed by atoms with van der Waals surface area (Å²) < 4.78 is 6.70. The summed E-state index contributed by atoms with van der Waals surface area (Å²) in [6.07, 6.45) is 0.328. The lowest BCUT2D eigenvalue weighted by Gasteiger charge is -2.17. The summed E-state index contributed by atoms with van der Waals surface area (Å²) in [5.41, 5.74) is 0. The van der Waals surface area contributed by atoms with Crippen LogP contribution in [0.1, 0.15) is 18.7 Å². The highest BCUT2D eigenvalue weighted by atomic mass is 79.9. The van der Waals surface area contributed by atoms with Crippen LogP contribution in [0.25, 0.3) is 0 Å². The van der Waals surface area contributed by atoms with Crippen LogP contribution in [0, 0.1) is 0 Å². The Bertz CT molecular complexity index is 331. The van der Waals surface area contributed by atoms with E-state index in [9.17, 15) is 0 Å². The molecule has 5 heteroatoms. The standard InChI is InChI=1S/C13H23BrN2OS/c1-11(2)17-7-6-16(3)5-4-15-9-13-8-12(14)10-18-13/h8,10-11,15H,4-7,9H2,1-3H3. The number of halogens is 1. The number of nitrogens with zero attached hydrogens (tertiary/aromatic N) is 1. The molecule has 0 saturated carbocycles. The number of rotatable bonds is 9. The molecule has 0 amide bonds. The molecule has 0 spiro atoms. The molecule has 0 atom stereocenters. The number of hydrogen-bond donors (Lipinski definition) is 1. The van der Waals surface area contributed by atoms with Crippen molar-refractivity contribution in [1.82, 2.24) is 10.2 Å². The van der Waals surface area contributed by atoms with Gasteiger partial charge in [0.05, 0.1) is 12.7 Å². The highest BCUT2D eigenvalue weighted by Crippen LogP contribution is 2.19. The van der Waals surface area contributed by atoms with Crippen LogP contribution in [-0.4, -0.2) is 44.3 Å². The van der Waals surface area contributed by atoms with Crippen LogP contribution in [0.2, 0.25) is 0 Å². The Morgan fingerprint density at radius 2 is 2.22 bits per heavy atom. The second-order valence-corrected chi connectivity index (χ2v) is 6.54. The van der Waals surface area contributed by atoms with Crippen molar-refractivity contribution in [2.75, 3.05) is 33.3 Å². The van der Waals surface area contributed by atoms with Crippen molar-refractivity contribution < 1.29 is 4.74 Å². The maximum Gasteiger partial charge on any atom is 0.0596 e. The monoisotopic (exact) mass is 334 g/mol. The Morgan fingerprint density at radius 1 is 1.44 bits per heavy atom. The summed E-state index contributed by atoms with van der Waals surface area (Å²) in [5, 5.41) is 5.57. The normalized spacial score (nSPS) is 11.7. The van der Waals surface area contributed by atoms with Crippen LogP contribution in [0.15, 0.2) is 15.9 Å². The molecule has 1 N–H and O–H groups in total. The van der Waals surface area contributed by atoms with Crippen LogP contribution < -0.4 is 5.32 Å². The molecule has 0 saturated heterocycles. The second kappa shape index (κ2) is 9.04. The van der Waals surface area contributed by atoms with Crippen LogP contribution >= 0.6 is 27.3 Å². The predicted octanol–water partition coefficient (Wildman–Crippen LogP) is 2.96. The van der Waals surface area contributed by atoms with E-state index < -0.39 is 0 Å². The van der Waals surface area contributed by atoms with Crippen molar-refractivity contribution in [2.45, 2.75) is 26.5 Å². The third-order valence-corrected chi connectivity index (χ3v) is 4.21. The molecule has 0 aliphatic heterocycles. The number of hydrogen-bond acceptors (Lipinski definition) is 4. The molecule has 0 unspecified atom stereocenters. The van der Waals surface area contributed by atoms with Gasteiger partial charge in [0.2, 0.25) is 0 Å². The van der Waals surface area contributed by atoms with Gasteiger partial charge in [-0.1, -0.05) is 0 Å². The Hall–Kier alpha value is 0.0600. The fourth-order valence-corrected chi connectivity index (χ4v) is 2.90. The molecule has 1 rings (SSSR count). The van der Waals surface area contributed by atoms with Gasteiger partial charge in [0.25, 0.3) is 0 Å². The minimum absolute atomic E-state index is 0.328. The Balaban J connectivity index is 2.00. The molecule has 3 nitrogen and oxygen atoms in total. The van der Waals surface area contributed by atoms with E-state index in [4.69, 9.17) is 4.74 Å². The minimum atomic E-state index is 0.328. The Morgan fingerprint density at radius 3 is 2.83 bits per heavy atom. The molecule has 0 aliphatic carbocycles. The van der Waals surface area contributed by atoms with Gasteiger partial charge in [0.15, 0.2) is 0 Å². The summed E-state index contributed by atoms with van der Waals surface area (Å²) in [6.45, 7) is 8.95. The Kier molecular flexibility index (Phi) is 8.10. The molecular weight excluding hydrogens is 312 g/mol. The fourth-order valence-electron chi connectivity index (χ4n) is 1.48. The highest BCUT2D eigenvalue weighted by Gasteiger charge is 2.00. The molecule has 0 bridgehead atoms. The summed E-state index contributed by atoms with van der Waals surface area (Å²) in [6, 6.07) is 2.16. The van der Waals surface area contributed by atoms with Crippen molar-refractivity contribution in [3.63, 3.8) is 0 Å². The van der Waals surface area contributed by atoms with Gasteiger partial charge in [-0.05, 0) is 42.9 Å². The third kappa shape index (κ3) is 7.48. The van der Waals surface area contributed by atoms with Crippen molar-refractivity contribution in [3.8, 4) is 0 Å². The van der Waals surface area contributed by atoms with E-state index in [-0.39, 0.29) is 0 Å². The van der Waals surface area contributed by atoms with E-state index in [2.05, 4.69) is 58.5 Å². The average Bonchev–Trinajstić information content (AvgIpc) is 2.70. The molecule has 1 heterocycles. The zero-order valence-electron chi connectivity index (χ0n) is 11.4. The predicted molar refractivity (Wildman–Crippen MR) is 82.3 cm³/mol. The Labute approximate surface area is 123 Å². The van der Waals surface area contributed by atoms with E-state index >= 15 is 0 Å². The van der Waals surface area contributed by atoms with Crippen LogP contribution in [0.4, 0.5) is 0 Å². The van der Waals surface area contributed by atoms with E-state index in [0.717, 1.165) is 32.8 Å². The quantitative estimate of drug-likeness (QED) is 0.702. The maximum absolute atomic E-state index is 5.53. The summed E-state index contributed by atoms with van der Waals surface area (Å²) >= 11 is 5.25. The van der Waals surface area contributed by atoms with E-state index in [1.54, 1.807) is 11.3 Å². The van der Waals surface area contributed by atoms with E-state index in [1.165, 1.54) is 9.35 Å². The van der Waals surface area contributed by atoms with Gasteiger partial charge >= 0.3 is 0 Å². The molecule has 0 radical (unpaired) electrons. The molecule has 18 heavy (non-hydrogen) atoms. The molecule has 0 aromatic carbocycles. The zero-order valence-corrected chi connectivity index (χ0v) is 13.8. The highest BCUT2D eigenvalue weighted by molar-refractivity contribution is 9.10. The van der Waals surface area contributed by atoms with Crippen LogP contribution in [-0.2, 0) is 11.3 Å². The minimum Gasteiger partial charge on any atom is -0.377 e. The summed E-state index contributed by atoms with van der Waals surface area (Å²) in [7, 11) is 2.13. The smallest absolute Gasteiger partial charge is 0.0596 e. The first-order chi connectivity index (χ1) is 8.58. The number of thiophene rings is 1. The zero-order chi connectivity index (χ0) is 13.4.